The first-order valence-corrected chi connectivity index (χ1v) is 8.18. The van der Waals surface area contributed by atoms with E-state index in [4.69, 9.17) is 10.2 Å². The number of anilines is 1. The van der Waals surface area contributed by atoms with Gasteiger partial charge in [0.1, 0.15) is 11.2 Å². The lowest BCUT2D eigenvalue weighted by molar-refractivity contribution is 0.620. The molecule has 116 valence electrons. The predicted molar refractivity (Wildman–Crippen MR) is 95.2 cm³/mol. The standard InChI is InChI=1S/C20H25NO/c1-12(2)9-14-11-16-15-7-5-6-8-18(15)22-20(16)17(19(14)21)10-13(3)4/h5-8,11-13H,9-10,21H2,1-4H3. The van der Waals surface area contributed by atoms with E-state index in [9.17, 15) is 0 Å². The number of rotatable bonds is 4. The third kappa shape index (κ3) is 2.58. The minimum Gasteiger partial charge on any atom is -0.456 e. The summed E-state index contributed by atoms with van der Waals surface area (Å²) in [6, 6.07) is 10.5. The molecule has 0 fully saturated rings. The highest BCUT2D eigenvalue weighted by molar-refractivity contribution is 6.07. The van der Waals surface area contributed by atoms with Crippen molar-refractivity contribution < 1.29 is 4.42 Å². The van der Waals surface area contributed by atoms with Crippen molar-refractivity contribution in [2.24, 2.45) is 11.8 Å². The third-order valence-corrected chi connectivity index (χ3v) is 4.14. The van der Waals surface area contributed by atoms with Crippen LogP contribution in [0, 0.1) is 11.8 Å². The molecule has 2 aromatic carbocycles. The molecule has 22 heavy (non-hydrogen) atoms. The first-order valence-electron chi connectivity index (χ1n) is 8.18. The van der Waals surface area contributed by atoms with Crippen molar-refractivity contribution in [2.75, 3.05) is 5.73 Å². The van der Waals surface area contributed by atoms with Crippen LogP contribution in [0.25, 0.3) is 21.9 Å². The summed E-state index contributed by atoms with van der Waals surface area (Å²) in [7, 11) is 0. The van der Waals surface area contributed by atoms with Crippen molar-refractivity contribution in [1.29, 1.82) is 0 Å². The maximum atomic E-state index is 6.51. The second-order valence-corrected chi connectivity index (χ2v) is 7.10. The molecule has 1 aromatic heterocycles. The molecule has 0 saturated carbocycles. The average molecular weight is 295 g/mol. The largest absolute Gasteiger partial charge is 0.456 e. The Bertz CT molecular complexity index is 811. The Labute approximate surface area is 132 Å². The number of fused-ring (bicyclic) bond motifs is 3. The number of nitrogens with two attached hydrogens (primary N) is 1. The van der Waals surface area contributed by atoms with E-state index >= 15 is 0 Å². The van der Waals surface area contributed by atoms with Crippen molar-refractivity contribution >= 4 is 27.6 Å². The van der Waals surface area contributed by atoms with Crippen LogP contribution in [0.5, 0.6) is 0 Å². The molecule has 0 saturated heterocycles. The van der Waals surface area contributed by atoms with Crippen LogP contribution in [0.3, 0.4) is 0 Å². The molecular formula is C20H25NO. The summed E-state index contributed by atoms with van der Waals surface area (Å²) in [6.07, 6.45) is 1.96. The molecule has 0 aliphatic carbocycles. The van der Waals surface area contributed by atoms with E-state index in [-0.39, 0.29) is 0 Å². The first kappa shape index (κ1) is 15.0. The lowest BCUT2D eigenvalue weighted by Crippen LogP contribution is -2.06. The van der Waals surface area contributed by atoms with E-state index in [2.05, 4.69) is 45.9 Å². The highest BCUT2D eigenvalue weighted by atomic mass is 16.3. The fourth-order valence-corrected chi connectivity index (χ4v) is 3.22. The zero-order chi connectivity index (χ0) is 15.9. The number of furan rings is 1. The van der Waals surface area contributed by atoms with E-state index in [1.54, 1.807) is 0 Å². The van der Waals surface area contributed by atoms with Crippen LogP contribution in [0.1, 0.15) is 38.8 Å². The normalized spacial score (nSPS) is 12.1. The van der Waals surface area contributed by atoms with Crippen molar-refractivity contribution in [3.05, 3.63) is 41.5 Å². The summed E-state index contributed by atoms with van der Waals surface area (Å²) in [5, 5.41) is 2.39. The van der Waals surface area contributed by atoms with Gasteiger partial charge in [-0.1, -0.05) is 45.9 Å². The number of hydrogen-bond acceptors (Lipinski definition) is 2. The monoisotopic (exact) mass is 295 g/mol. The Morgan fingerprint density at radius 3 is 2.32 bits per heavy atom. The number of benzene rings is 2. The molecule has 0 bridgehead atoms. The van der Waals surface area contributed by atoms with E-state index in [0.717, 1.165) is 29.7 Å². The summed E-state index contributed by atoms with van der Waals surface area (Å²) in [5.41, 5.74) is 11.8. The molecule has 0 spiro atoms. The van der Waals surface area contributed by atoms with Crippen LogP contribution in [0.2, 0.25) is 0 Å². The lowest BCUT2D eigenvalue weighted by atomic mass is 9.92. The van der Waals surface area contributed by atoms with Crippen LogP contribution >= 0.6 is 0 Å². The van der Waals surface area contributed by atoms with Crippen molar-refractivity contribution in [3.63, 3.8) is 0 Å². The minimum atomic E-state index is 0.549. The van der Waals surface area contributed by atoms with Crippen LogP contribution < -0.4 is 5.73 Å². The van der Waals surface area contributed by atoms with Gasteiger partial charge in [0.2, 0.25) is 0 Å². The zero-order valence-electron chi connectivity index (χ0n) is 13.9. The molecule has 0 radical (unpaired) electrons. The second-order valence-electron chi connectivity index (χ2n) is 7.10. The van der Waals surface area contributed by atoms with Gasteiger partial charge in [-0.15, -0.1) is 0 Å². The van der Waals surface area contributed by atoms with Gasteiger partial charge in [0.15, 0.2) is 0 Å². The Balaban J connectivity index is 2.33. The fraction of sp³-hybridized carbons (Fsp3) is 0.400. The third-order valence-electron chi connectivity index (χ3n) is 4.14. The highest BCUT2D eigenvalue weighted by Gasteiger charge is 2.18. The highest BCUT2D eigenvalue weighted by Crippen LogP contribution is 2.37. The molecule has 2 heteroatoms. The summed E-state index contributed by atoms with van der Waals surface area (Å²) in [4.78, 5) is 0. The SMILES string of the molecule is CC(C)Cc1cc2c(oc3ccccc32)c(CC(C)C)c1N. The Morgan fingerprint density at radius 1 is 0.955 bits per heavy atom. The quantitative estimate of drug-likeness (QED) is 0.639. The minimum absolute atomic E-state index is 0.549. The number of para-hydroxylation sites is 1. The molecule has 2 N–H and O–H groups in total. The predicted octanol–water partition coefficient (Wildman–Crippen LogP) is 5.57. The van der Waals surface area contributed by atoms with Crippen molar-refractivity contribution in [1.82, 2.24) is 0 Å². The molecule has 1 heterocycles. The lowest BCUT2D eigenvalue weighted by Gasteiger charge is -2.15. The molecule has 3 aromatic rings. The van der Waals surface area contributed by atoms with Gasteiger partial charge >= 0.3 is 0 Å². The van der Waals surface area contributed by atoms with Crippen LogP contribution in [-0.4, -0.2) is 0 Å². The van der Waals surface area contributed by atoms with Gasteiger partial charge in [0.25, 0.3) is 0 Å². The van der Waals surface area contributed by atoms with Crippen LogP contribution in [0.15, 0.2) is 34.7 Å². The zero-order valence-corrected chi connectivity index (χ0v) is 13.9. The number of nitrogen functional groups attached to an aromatic ring is 1. The van der Waals surface area contributed by atoms with E-state index < -0.39 is 0 Å². The summed E-state index contributed by atoms with van der Waals surface area (Å²) in [6.45, 7) is 8.92. The fourth-order valence-electron chi connectivity index (χ4n) is 3.22. The van der Waals surface area contributed by atoms with Gasteiger partial charge in [-0.25, -0.2) is 0 Å². The van der Waals surface area contributed by atoms with Gasteiger partial charge in [0, 0.05) is 22.0 Å². The van der Waals surface area contributed by atoms with Gasteiger partial charge in [-0.3, -0.25) is 0 Å². The van der Waals surface area contributed by atoms with Gasteiger partial charge < -0.3 is 10.2 Å². The Hall–Kier alpha value is -1.96. The average Bonchev–Trinajstić information content (AvgIpc) is 2.81. The molecule has 0 aliphatic rings. The van der Waals surface area contributed by atoms with Crippen molar-refractivity contribution in [2.45, 2.75) is 40.5 Å². The molecule has 0 amide bonds. The van der Waals surface area contributed by atoms with Crippen molar-refractivity contribution in [3.8, 4) is 0 Å². The van der Waals surface area contributed by atoms with Gasteiger partial charge in [-0.05, 0) is 42.4 Å². The topological polar surface area (TPSA) is 39.2 Å². The second kappa shape index (κ2) is 5.68. The van der Waals surface area contributed by atoms with E-state index in [1.165, 1.54) is 21.9 Å². The maximum absolute atomic E-state index is 6.51. The van der Waals surface area contributed by atoms with Gasteiger partial charge in [0.05, 0.1) is 0 Å². The smallest absolute Gasteiger partial charge is 0.140 e. The Kier molecular flexibility index (Phi) is 3.86. The molecule has 0 atom stereocenters. The summed E-state index contributed by atoms with van der Waals surface area (Å²) >= 11 is 0. The summed E-state index contributed by atoms with van der Waals surface area (Å²) < 4.78 is 6.15. The number of hydrogen-bond donors (Lipinski definition) is 1. The first-order chi connectivity index (χ1) is 10.5. The van der Waals surface area contributed by atoms with E-state index in [0.29, 0.717) is 11.8 Å². The van der Waals surface area contributed by atoms with Crippen LogP contribution in [0.4, 0.5) is 5.69 Å². The van der Waals surface area contributed by atoms with Crippen LogP contribution in [-0.2, 0) is 12.8 Å². The maximum Gasteiger partial charge on any atom is 0.140 e. The summed E-state index contributed by atoms with van der Waals surface area (Å²) in [5.74, 6) is 1.14. The molecule has 2 nitrogen and oxygen atoms in total. The molecule has 0 unspecified atom stereocenters. The molecule has 0 aliphatic heterocycles. The van der Waals surface area contributed by atoms with Gasteiger partial charge in [-0.2, -0.15) is 0 Å². The van der Waals surface area contributed by atoms with E-state index in [1.807, 2.05) is 12.1 Å². The molecular weight excluding hydrogens is 270 g/mol. The molecule has 3 rings (SSSR count). The Morgan fingerprint density at radius 2 is 1.64 bits per heavy atom.